The van der Waals surface area contributed by atoms with Crippen LogP contribution in [0.5, 0.6) is 11.5 Å². The van der Waals surface area contributed by atoms with E-state index in [0.717, 1.165) is 0 Å². The molecule has 2 rings (SSSR count). The first-order valence-corrected chi connectivity index (χ1v) is 9.36. The van der Waals surface area contributed by atoms with Gasteiger partial charge in [0.05, 0.1) is 5.56 Å². The summed E-state index contributed by atoms with van der Waals surface area (Å²) < 4.78 is 55.4. The minimum absolute atomic E-state index is 0.191. The molecule has 0 fully saturated rings. The lowest BCUT2D eigenvalue weighted by molar-refractivity contribution is -0.0284. The van der Waals surface area contributed by atoms with Gasteiger partial charge in [-0.25, -0.2) is 13.2 Å². The fraction of sp³-hybridized carbons (Fsp3) is 0.261. The molecule has 162 valence electrons. The third-order valence-corrected chi connectivity index (χ3v) is 3.62. The van der Waals surface area contributed by atoms with E-state index < -0.39 is 18.5 Å². The second-order valence-electron chi connectivity index (χ2n) is 5.50. The molecule has 0 unspecified atom stereocenters. The summed E-state index contributed by atoms with van der Waals surface area (Å²) in [6.07, 6.45) is 4.64. The highest BCUT2D eigenvalue weighted by molar-refractivity contribution is 5.72. The molecule has 2 aromatic carbocycles. The first kappa shape index (κ1) is 25.0. The molecule has 0 heterocycles. The first-order valence-electron chi connectivity index (χ1n) is 9.36. The van der Waals surface area contributed by atoms with Crippen LogP contribution in [0.15, 0.2) is 60.2 Å². The Morgan fingerprint density at radius 1 is 1.03 bits per heavy atom. The Morgan fingerprint density at radius 3 is 2.13 bits per heavy atom. The van der Waals surface area contributed by atoms with Crippen LogP contribution in [0.2, 0.25) is 0 Å². The molecule has 0 aliphatic heterocycles. The molecule has 0 bridgehead atoms. The zero-order valence-corrected chi connectivity index (χ0v) is 17.3. The van der Waals surface area contributed by atoms with Gasteiger partial charge in [-0.1, -0.05) is 20.4 Å². The first-order chi connectivity index (χ1) is 14.5. The predicted octanol–water partition coefficient (Wildman–Crippen LogP) is 6.47. The number of alkyl halides is 1. The lowest BCUT2D eigenvalue weighted by atomic mass is 10.0. The molecular weight excluding hydrogens is 395 g/mol. The Bertz CT molecular complexity index is 826. The van der Waals surface area contributed by atoms with Crippen molar-refractivity contribution in [1.82, 2.24) is 0 Å². The van der Waals surface area contributed by atoms with Gasteiger partial charge in [-0.3, -0.25) is 4.99 Å². The molecule has 0 aromatic heterocycles. The van der Waals surface area contributed by atoms with Crippen molar-refractivity contribution in [2.24, 2.45) is 4.99 Å². The highest BCUT2D eigenvalue weighted by Crippen LogP contribution is 2.24. The molecule has 0 aliphatic rings. The van der Waals surface area contributed by atoms with Crippen molar-refractivity contribution in [2.45, 2.75) is 27.4 Å². The number of hydrogen-bond acceptors (Lipinski definition) is 4. The Morgan fingerprint density at radius 2 is 1.60 bits per heavy atom. The molecule has 0 N–H and O–H groups in total. The topological polar surface area (TPSA) is 40.0 Å². The average Bonchev–Trinajstić information content (AvgIpc) is 2.75. The van der Waals surface area contributed by atoms with Crippen LogP contribution in [-0.4, -0.2) is 19.9 Å². The minimum Gasteiger partial charge on any atom is -0.489 e. The van der Waals surface area contributed by atoms with Crippen molar-refractivity contribution in [2.75, 3.05) is 13.7 Å². The second kappa shape index (κ2) is 14.0. The summed E-state index contributed by atoms with van der Waals surface area (Å²) in [5, 5.41) is 0. The number of ether oxygens (including phenoxy) is 3. The quantitative estimate of drug-likeness (QED) is 0.191. The van der Waals surface area contributed by atoms with Crippen LogP contribution < -0.4 is 9.47 Å². The largest absolute Gasteiger partial charge is 0.489 e. The van der Waals surface area contributed by atoms with Gasteiger partial charge in [0, 0.05) is 12.4 Å². The predicted molar refractivity (Wildman–Crippen MR) is 113 cm³/mol. The maximum atomic E-state index is 14.3. The molecule has 0 radical (unpaired) electrons. The molecule has 0 saturated heterocycles. The summed E-state index contributed by atoms with van der Waals surface area (Å²) in [6, 6.07) is 8.67. The zero-order valence-electron chi connectivity index (χ0n) is 17.3. The highest BCUT2D eigenvalue weighted by Gasteiger charge is 2.13. The lowest BCUT2D eigenvalue weighted by Gasteiger charge is -2.11. The van der Waals surface area contributed by atoms with Crippen LogP contribution in [0.25, 0.3) is 5.57 Å². The number of rotatable bonds is 10. The van der Waals surface area contributed by atoms with Crippen LogP contribution in [0.3, 0.4) is 0 Å². The molecule has 2 aromatic rings. The number of aliphatic imine (C=N–C) groups is 1. The summed E-state index contributed by atoms with van der Waals surface area (Å²) in [5.41, 5.74) is 0.560. The number of benzene rings is 2. The van der Waals surface area contributed by atoms with Gasteiger partial charge in [-0.15, -0.1) is 0 Å². The summed E-state index contributed by atoms with van der Waals surface area (Å²) in [6.45, 7) is 8.08. The van der Waals surface area contributed by atoms with Gasteiger partial charge in [-0.05, 0) is 60.5 Å². The van der Waals surface area contributed by atoms with E-state index in [1.165, 1.54) is 18.3 Å². The van der Waals surface area contributed by atoms with Crippen molar-refractivity contribution >= 4 is 11.8 Å². The van der Waals surface area contributed by atoms with Crippen molar-refractivity contribution in [3.63, 3.8) is 0 Å². The van der Waals surface area contributed by atoms with Gasteiger partial charge in [0.2, 0.25) is 0 Å². The molecule has 0 atom stereocenters. The van der Waals surface area contributed by atoms with Crippen molar-refractivity contribution in [1.29, 1.82) is 0 Å². The summed E-state index contributed by atoms with van der Waals surface area (Å²) in [7, 11) is 0. The lowest BCUT2D eigenvalue weighted by Crippen LogP contribution is -2.04. The zero-order chi connectivity index (χ0) is 22.4. The standard InChI is InChI=1S/C21H20F3NO3.C2H6/c1-3-25-9-8-15(2)16-10-20(23)19(21(24)11-16)12-27-17-4-6-18(7-5-17)28-14-26-13-22;1-2/h3-11H,2,12-14H2,1H3;1-2H3/b9-8-,25-3?;. The van der Waals surface area contributed by atoms with Crippen LogP contribution in [0.1, 0.15) is 31.9 Å². The third-order valence-electron chi connectivity index (χ3n) is 3.62. The fourth-order valence-electron chi connectivity index (χ4n) is 2.17. The average molecular weight is 421 g/mol. The fourth-order valence-corrected chi connectivity index (χ4v) is 2.17. The molecule has 0 saturated carbocycles. The van der Waals surface area contributed by atoms with Gasteiger partial charge in [0.25, 0.3) is 0 Å². The summed E-state index contributed by atoms with van der Waals surface area (Å²) in [5.74, 6) is -0.619. The highest BCUT2D eigenvalue weighted by atomic mass is 19.1. The molecule has 4 nitrogen and oxygen atoms in total. The summed E-state index contributed by atoms with van der Waals surface area (Å²) >= 11 is 0. The Labute approximate surface area is 175 Å². The van der Waals surface area contributed by atoms with Crippen molar-refractivity contribution < 1.29 is 27.4 Å². The van der Waals surface area contributed by atoms with E-state index in [9.17, 15) is 13.2 Å². The Balaban J connectivity index is 0.00000218. The number of hydrogen-bond donors (Lipinski definition) is 0. The van der Waals surface area contributed by atoms with Crippen LogP contribution in [0, 0.1) is 11.6 Å². The second-order valence-corrected chi connectivity index (χ2v) is 5.50. The molecule has 7 heteroatoms. The van der Waals surface area contributed by atoms with E-state index in [4.69, 9.17) is 9.47 Å². The van der Waals surface area contributed by atoms with Crippen LogP contribution in [0.4, 0.5) is 13.2 Å². The van der Waals surface area contributed by atoms with E-state index >= 15 is 0 Å². The third kappa shape index (κ3) is 8.13. The van der Waals surface area contributed by atoms with E-state index in [1.807, 2.05) is 13.8 Å². The van der Waals surface area contributed by atoms with E-state index in [0.29, 0.717) is 22.6 Å². The molecule has 0 amide bonds. The monoisotopic (exact) mass is 421 g/mol. The molecule has 30 heavy (non-hydrogen) atoms. The molecule has 0 aliphatic carbocycles. The number of allylic oxidation sites excluding steroid dienone is 2. The van der Waals surface area contributed by atoms with Crippen LogP contribution in [-0.2, 0) is 11.3 Å². The van der Waals surface area contributed by atoms with E-state index in [1.54, 1.807) is 43.5 Å². The van der Waals surface area contributed by atoms with Gasteiger partial charge in [0.15, 0.2) is 13.7 Å². The molecule has 0 spiro atoms. The van der Waals surface area contributed by atoms with E-state index in [2.05, 4.69) is 16.3 Å². The van der Waals surface area contributed by atoms with Gasteiger partial charge in [-0.2, -0.15) is 0 Å². The Kier molecular flexibility index (Phi) is 11.7. The normalized spacial score (nSPS) is 10.7. The molecular formula is C23H26F3NO3. The SMILES string of the molecule is C=C(/C=C\N=CC)c1cc(F)c(COc2ccc(OCOCF)cc2)c(F)c1.CC. The van der Waals surface area contributed by atoms with Gasteiger partial charge in [0.1, 0.15) is 29.7 Å². The van der Waals surface area contributed by atoms with Crippen LogP contribution >= 0.6 is 0 Å². The smallest absolute Gasteiger partial charge is 0.192 e. The number of halogens is 3. The summed E-state index contributed by atoms with van der Waals surface area (Å²) in [4.78, 5) is 3.88. The van der Waals surface area contributed by atoms with Crippen molar-refractivity contribution in [3.05, 3.63) is 78.0 Å². The van der Waals surface area contributed by atoms with Gasteiger partial charge < -0.3 is 14.2 Å². The number of nitrogens with zero attached hydrogens (tertiary/aromatic N) is 1. The maximum Gasteiger partial charge on any atom is 0.192 e. The Hall–Kier alpha value is -3.06. The maximum absolute atomic E-state index is 14.3. The van der Waals surface area contributed by atoms with Crippen molar-refractivity contribution in [3.8, 4) is 11.5 Å². The van der Waals surface area contributed by atoms with Gasteiger partial charge >= 0.3 is 0 Å². The minimum atomic E-state index is -0.937. The van der Waals surface area contributed by atoms with E-state index in [-0.39, 0.29) is 19.0 Å².